The number of hydrogen-bond donors (Lipinski definition) is 1. The predicted molar refractivity (Wildman–Crippen MR) is 58.7 cm³/mol. The lowest BCUT2D eigenvalue weighted by Gasteiger charge is -2.02. The molecule has 2 heterocycles. The average molecular weight is 210 g/mol. The molecule has 2 rings (SSSR count). The number of nitrogens with two attached hydrogens (primary N) is 1. The molecule has 0 aromatic carbocycles. The monoisotopic (exact) mass is 209 g/mol. The van der Waals surface area contributed by atoms with Crippen molar-refractivity contribution in [3.63, 3.8) is 0 Å². The maximum absolute atomic E-state index is 5.93. The summed E-state index contributed by atoms with van der Waals surface area (Å²) in [6.45, 7) is 4.08. The van der Waals surface area contributed by atoms with E-state index in [2.05, 4.69) is 11.9 Å². The van der Waals surface area contributed by atoms with Gasteiger partial charge < -0.3 is 10.1 Å². The number of halogens is 1. The standard InChI is InChI=1S/C10H12ClN3/c1-3-9-6(2)13-10-8(12)4-7(11)5-14(9)10/h4-5H,3,12H2,1-2H3. The van der Waals surface area contributed by atoms with Crippen molar-refractivity contribution in [2.75, 3.05) is 5.73 Å². The van der Waals surface area contributed by atoms with E-state index in [9.17, 15) is 0 Å². The summed E-state index contributed by atoms with van der Waals surface area (Å²) in [6, 6.07) is 1.72. The van der Waals surface area contributed by atoms with Crippen LogP contribution in [0.2, 0.25) is 5.02 Å². The van der Waals surface area contributed by atoms with Gasteiger partial charge in [0.1, 0.15) is 0 Å². The molecule has 0 unspecified atom stereocenters. The lowest BCUT2D eigenvalue weighted by Crippen LogP contribution is -1.95. The summed E-state index contributed by atoms with van der Waals surface area (Å²) in [5, 5.41) is 0.641. The molecule has 2 N–H and O–H groups in total. The van der Waals surface area contributed by atoms with Gasteiger partial charge >= 0.3 is 0 Å². The third-order valence-electron chi connectivity index (χ3n) is 2.35. The van der Waals surface area contributed by atoms with Crippen LogP contribution >= 0.6 is 11.6 Å². The van der Waals surface area contributed by atoms with Crippen LogP contribution in [0.4, 0.5) is 5.69 Å². The molecule has 0 aliphatic heterocycles. The first-order valence-electron chi connectivity index (χ1n) is 4.56. The molecule has 2 aromatic heterocycles. The van der Waals surface area contributed by atoms with E-state index in [1.165, 1.54) is 0 Å². The van der Waals surface area contributed by atoms with E-state index in [4.69, 9.17) is 17.3 Å². The average Bonchev–Trinajstić information content (AvgIpc) is 2.41. The highest BCUT2D eigenvalue weighted by molar-refractivity contribution is 6.30. The van der Waals surface area contributed by atoms with Gasteiger partial charge in [-0.3, -0.25) is 0 Å². The summed E-state index contributed by atoms with van der Waals surface area (Å²) >= 11 is 5.93. The highest BCUT2D eigenvalue weighted by Crippen LogP contribution is 2.22. The van der Waals surface area contributed by atoms with Crippen LogP contribution in [0.5, 0.6) is 0 Å². The quantitative estimate of drug-likeness (QED) is 0.784. The van der Waals surface area contributed by atoms with Crippen molar-refractivity contribution in [1.29, 1.82) is 0 Å². The Labute approximate surface area is 87.5 Å². The molecule has 0 fully saturated rings. The Morgan fingerprint density at radius 2 is 2.29 bits per heavy atom. The van der Waals surface area contributed by atoms with Crippen molar-refractivity contribution >= 4 is 22.9 Å². The second-order valence-electron chi connectivity index (χ2n) is 3.30. The Morgan fingerprint density at radius 1 is 1.57 bits per heavy atom. The SMILES string of the molecule is CCc1c(C)nc2c(N)cc(Cl)cn12. The van der Waals surface area contributed by atoms with E-state index in [1.807, 2.05) is 17.5 Å². The molecule has 0 atom stereocenters. The summed E-state index contributed by atoms with van der Waals surface area (Å²) < 4.78 is 1.97. The molecule has 0 bridgehead atoms. The molecule has 4 heteroatoms. The molecule has 0 aliphatic carbocycles. The molecule has 0 saturated heterocycles. The highest BCUT2D eigenvalue weighted by atomic mass is 35.5. The van der Waals surface area contributed by atoms with Crippen molar-refractivity contribution in [2.24, 2.45) is 0 Å². The van der Waals surface area contributed by atoms with Gasteiger partial charge in [-0.2, -0.15) is 0 Å². The molecule has 14 heavy (non-hydrogen) atoms. The van der Waals surface area contributed by atoms with E-state index in [-0.39, 0.29) is 0 Å². The second-order valence-corrected chi connectivity index (χ2v) is 3.74. The number of aryl methyl sites for hydroxylation is 2. The fourth-order valence-corrected chi connectivity index (χ4v) is 1.94. The zero-order valence-corrected chi connectivity index (χ0v) is 8.97. The third kappa shape index (κ3) is 1.24. The Balaban J connectivity index is 2.87. The number of fused-ring (bicyclic) bond motifs is 1. The zero-order chi connectivity index (χ0) is 10.3. The van der Waals surface area contributed by atoms with Gasteiger partial charge in [-0.25, -0.2) is 4.98 Å². The normalized spacial score (nSPS) is 11.1. The van der Waals surface area contributed by atoms with Gasteiger partial charge in [-0.15, -0.1) is 0 Å². The van der Waals surface area contributed by atoms with E-state index >= 15 is 0 Å². The molecule has 0 saturated carbocycles. The van der Waals surface area contributed by atoms with Gasteiger partial charge in [0, 0.05) is 11.9 Å². The van der Waals surface area contributed by atoms with Crippen molar-refractivity contribution in [2.45, 2.75) is 20.3 Å². The molecular formula is C10H12ClN3. The molecule has 2 aromatic rings. The third-order valence-corrected chi connectivity index (χ3v) is 2.56. The van der Waals surface area contributed by atoms with Crippen molar-refractivity contribution in [3.05, 3.63) is 28.7 Å². The fraction of sp³-hybridized carbons (Fsp3) is 0.300. The number of nitrogens with zero attached hydrogens (tertiary/aromatic N) is 2. The molecule has 3 nitrogen and oxygen atoms in total. The van der Waals surface area contributed by atoms with Gasteiger partial charge in [-0.1, -0.05) is 18.5 Å². The number of hydrogen-bond acceptors (Lipinski definition) is 2. The van der Waals surface area contributed by atoms with Crippen molar-refractivity contribution < 1.29 is 0 Å². The summed E-state index contributed by atoms with van der Waals surface area (Å²) in [5.41, 5.74) is 9.42. The lowest BCUT2D eigenvalue weighted by molar-refractivity contribution is 0.978. The van der Waals surface area contributed by atoms with Gasteiger partial charge in [0.05, 0.1) is 16.4 Å². The largest absolute Gasteiger partial charge is 0.396 e. The number of aromatic nitrogens is 2. The zero-order valence-electron chi connectivity index (χ0n) is 8.21. The van der Waals surface area contributed by atoms with Crippen LogP contribution in [0.25, 0.3) is 5.65 Å². The van der Waals surface area contributed by atoms with E-state index in [0.717, 1.165) is 23.5 Å². The van der Waals surface area contributed by atoms with Crippen molar-refractivity contribution in [3.8, 4) is 0 Å². The van der Waals surface area contributed by atoms with Crippen LogP contribution in [-0.2, 0) is 6.42 Å². The van der Waals surface area contributed by atoms with Gasteiger partial charge in [0.2, 0.25) is 0 Å². The highest BCUT2D eigenvalue weighted by Gasteiger charge is 2.09. The Hall–Kier alpha value is -1.22. The molecule has 0 radical (unpaired) electrons. The summed E-state index contributed by atoms with van der Waals surface area (Å²) in [6.07, 6.45) is 2.78. The van der Waals surface area contributed by atoms with Crippen LogP contribution in [0.3, 0.4) is 0 Å². The first-order chi connectivity index (χ1) is 6.63. The van der Waals surface area contributed by atoms with E-state index < -0.39 is 0 Å². The van der Waals surface area contributed by atoms with Crippen LogP contribution in [0.15, 0.2) is 12.3 Å². The van der Waals surface area contributed by atoms with Crippen LogP contribution < -0.4 is 5.73 Å². The topological polar surface area (TPSA) is 43.3 Å². The van der Waals surface area contributed by atoms with E-state index in [0.29, 0.717) is 10.7 Å². The van der Waals surface area contributed by atoms with Crippen LogP contribution in [0, 0.1) is 6.92 Å². The van der Waals surface area contributed by atoms with Crippen LogP contribution in [0.1, 0.15) is 18.3 Å². The molecule has 0 aliphatic rings. The second kappa shape index (κ2) is 3.17. The Morgan fingerprint density at radius 3 is 2.93 bits per heavy atom. The molecule has 0 spiro atoms. The lowest BCUT2D eigenvalue weighted by atomic mass is 10.3. The summed E-state index contributed by atoms with van der Waals surface area (Å²) in [7, 11) is 0. The van der Waals surface area contributed by atoms with Gasteiger partial charge in [0.25, 0.3) is 0 Å². The van der Waals surface area contributed by atoms with E-state index in [1.54, 1.807) is 6.07 Å². The number of pyridine rings is 1. The number of nitrogen functional groups attached to an aromatic ring is 1. The maximum atomic E-state index is 5.93. The van der Waals surface area contributed by atoms with Crippen molar-refractivity contribution in [1.82, 2.24) is 9.38 Å². The molecular weight excluding hydrogens is 198 g/mol. The number of anilines is 1. The van der Waals surface area contributed by atoms with Gasteiger partial charge in [-0.05, 0) is 19.4 Å². The summed E-state index contributed by atoms with van der Waals surface area (Å²) in [5.74, 6) is 0. The fourth-order valence-electron chi connectivity index (χ4n) is 1.72. The Bertz CT molecular complexity index is 488. The number of imidazole rings is 1. The van der Waals surface area contributed by atoms with Crippen LogP contribution in [-0.4, -0.2) is 9.38 Å². The summed E-state index contributed by atoms with van der Waals surface area (Å²) in [4.78, 5) is 4.40. The number of rotatable bonds is 1. The Kier molecular flexibility index (Phi) is 2.11. The minimum Gasteiger partial charge on any atom is -0.396 e. The molecule has 74 valence electrons. The minimum absolute atomic E-state index is 0.625. The first kappa shape index (κ1) is 9.34. The predicted octanol–water partition coefficient (Wildman–Crippen LogP) is 2.44. The minimum atomic E-state index is 0.625. The first-order valence-corrected chi connectivity index (χ1v) is 4.93. The maximum Gasteiger partial charge on any atom is 0.160 e. The smallest absolute Gasteiger partial charge is 0.160 e. The molecule has 0 amide bonds. The van der Waals surface area contributed by atoms with Gasteiger partial charge in [0.15, 0.2) is 5.65 Å².